The highest BCUT2D eigenvalue weighted by Crippen LogP contribution is 2.27. The maximum Gasteiger partial charge on any atom is 0.338 e. The van der Waals surface area contributed by atoms with Gasteiger partial charge in [-0.3, -0.25) is 0 Å². The van der Waals surface area contributed by atoms with Crippen LogP contribution in [0.2, 0.25) is 73.0 Å². The quantitative estimate of drug-likeness (QED) is 0.0165. The fraction of sp³-hybridized carbons (Fsp3) is 0.593. The number of rotatable bonds is 41. The molecule has 18 heteroatoms. The van der Waals surface area contributed by atoms with Crippen molar-refractivity contribution < 1.29 is 42.8 Å². The van der Waals surface area contributed by atoms with Crippen LogP contribution in [0, 0.1) is 0 Å². The summed E-state index contributed by atoms with van der Waals surface area (Å²) in [7, 11) is -3.52. The van der Waals surface area contributed by atoms with Gasteiger partial charge in [-0.2, -0.15) is 15.0 Å². The first-order valence-electron chi connectivity index (χ1n) is 28.9. The van der Waals surface area contributed by atoms with E-state index in [-0.39, 0.29) is 17.8 Å². The zero-order valence-electron chi connectivity index (χ0n) is 48.3. The molecule has 0 radical (unpaired) electrons. The Bertz CT molecular complexity index is 2170. The predicted molar refractivity (Wildman–Crippen MR) is 321 cm³/mol. The Morgan fingerprint density at radius 2 is 0.623 bits per heavy atom. The maximum atomic E-state index is 12.9. The van der Waals surface area contributed by atoms with Crippen LogP contribution in [0.25, 0.3) is 0 Å². The molecule has 0 aliphatic heterocycles. The molecule has 3 aromatic carbocycles. The Morgan fingerprint density at radius 1 is 0.364 bits per heavy atom. The lowest BCUT2D eigenvalue weighted by Crippen LogP contribution is -2.32. The highest BCUT2D eigenvalue weighted by atomic mass is 28.3. The van der Waals surface area contributed by atoms with Crippen molar-refractivity contribution in [3.8, 4) is 0 Å². The van der Waals surface area contributed by atoms with Crippen LogP contribution in [0.4, 0.5) is 34.9 Å². The first kappa shape index (κ1) is 64.5. The number of aromatic nitrogens is 3. The van der Waals surface area contributed by atoms with Gasteiger partial charge in [-0.1, -0.05) is 110 Å². The minimum absolute atomic E-state index is 0.214. The second-order valence-corrected chi connectivity index (χ2v) is 37.4. The zero-order valence-corrected chi connectivity index (χ0v) is 51.3. The summed E-state index contributed by atoms with van der Waals surface area (Å²) in [6.45, 7) is 26.3. The number of benzene rings is 3. The van der Waals surface area contributed by atoms with E-state index in [1.807, 2.05) is 0 Å². The lowest BCUT2D eigenvalue weighted by atomic mass is 10.2. The molecule has 0 aliphatic rings. The van der Waals surface area contributed by atoms with E-state index in [0.29, 0.717) is 73.4 Å². The van der Waals surface area contributed by atoms with Gasteiger partial charge in [0.25, 0.3) is 0 Å². The summed E-state index contributed by atoms with van der Waals surface area (Å²) in [5.74, 6) is -0.547. The number of esters is 3. The number of unbranched alkanes of at least 4 members (excludes halogenated alkanes) is 3. The Hall–Kier alpha value is -4.99. The monoisotopic (exact) mass is 1110 g/mol. The van der Waals surface area contributed by atoms with Gasteiger partial charge in [0.1, 0.15) is 0 Å². The maximum absolute atomic E-state index is 12.9. The van der Waals surface area contributed by atoms with Crippen molar-refractivity contribution in [1.82, 2.24) is 15.0 Å². The molecule has 0 aliphatic carbocycles. The summed E-state index contributed by atoms with van der Waals surface area (Å²) in [4.78, 5) is 52.7. The molecule has 4 aromatic rings. The second kappa shape index (κ2) is 35.5. The van der Waals surface area contributed by atoms with Crippen molar-refractivity contribution in [2.75, 3.05) is 75.4 Å². The van der Waals surface area contributed by atoms with Gasteiger partial charge in [-0.15, -0.1) is 0 Å². The third-order valence-electron chi connectivity index (χ3n) is 16.1. The topological polar surface area (TPSA) is 181 Å². The molecule has 0 spiro atoms. The summed E-state index contributed by atoms with van der Waals surface area (Å²) in [5.41, 5.74) is 3.16. The van der Waals surface area contributed by atoms with Gasteiger partial charge < -0.3 is 44.4 Å². The van der Waals surface area contributed by atoms with E-state index in [2.05, 4.69) is 92.8 Å². The second-order valence-electron chi connectivity index (χ2n) is 20.7. The molecule has 1 heterocycles. The molecule has 426 valence electrons. The number of hydrogen-bond acceptors (Lipinski definition) is 15. The first-order valence-corrected chi connectivity index (χ1v) is 37.7. The summed E-state index contributed by atoms with van der Waals surface area (Å²) in [6, 6.07) is 34.6. The molecule has 0 unspecified atom stereocenters. The fourth-order valence-corrected chi connectivity index (χ4v) is 17.1. The zero-order chi connectivity index (χ0) is 55.8. The van der Waals surface area contributed by atoms with Gasteiger partial charge in [0.05, 0.1) is 60.7 Å². The van der Waals surface area contributed by atoms with E-state index in [0.717, 1.165) is 58.3 Å². The molecule has 0 amide bonds. The van der Waals surface area contributed by atoms with Gasteiger partial charge in [0, 0.05) is 56.7 Å². The molecule has 4 rings (SSSR count). The number of nitrogens with one attached hydrogen (secondary N) is 3. The van der Waals surface area contributed by atoms with Crippen LogP contribution in [-0.2, 0) is 28.4 Å². The SMILES string of the molecule is CC[Si](C)(CC)CCOCCCCOC(=O)c1ccc(Nc2nc(Nc3ccc(C(=O)OCCCCOCC[Si](CC)(CC)CC)cc3)nc(Nc3ccc(C(=O)OCCCCOCC[Si](CC)(CC)CC)cc3)n2)cc1. The van der Waals surface area contributed by atoms with Crippen LogP contribution in [0.1, 0.15) is 125 Å². The molecule has 3 N–H and O–H groups in total. The Balaban J connectivity index is 1.33. The van der Waals surface area contributed by atoms with Crippen LogP contribution in [0.5, 0.6) is 0 Å². The third kappa shape index (κ3) is 23.1. The lowest BCUT2D eigenvalue weighted by molar-refractivity contribution is 0.0475. The third-order valence-corrected chi connectivity index (χ3v) is 32.5. The first-order chi connectivity index (χ1) is 37.3. The van der Waals surface area contributed by atoms with E-state index < -0.39 is 42.1 Å². The Morgan fingerprint density at radius 3 is 0.883 bits per heavy atom. The average molecular weight is 1120 g/mol. The number of nitrogens with zero attached hydrogens (tertiary/aromatic N) is 3. The van der Waals surface area contributed by atoms with E-state index in [1.54, 1.807) is 72.8 Å². The number of carbonyl (C=O) groups is 3. The number of ether oxygens (including phenoxy) is 6. The molecule has 1 aromatic heterocycles. The molecule has 15 nitrogen and oxygen atoms in total. The predicted octanol–water partition coefficient (Wildman–Crippen LogP) is 15.1. The molecule has 0 saturated heterocycles. The largest absolute Gasteiger partial charge is 0.462 e. The van der Waals surface area contributed by atoms with Crippen molar-refractivity contribution in [3.63, 3.8) is 0 Å². The van der Waals surface area contributed by atoms with Gasteiger partial charge in [0.2, 0.25) is 17.8 Å². The molecular formula is C59H94N6O9Si3. The highest BCUT2D eigenvalue weighted by molar-refractivity contribution is 6.80. The number of anilines is 6. The van der Waals surface area contributed by atoms with Crippen molar-refractivity contribution in [2.45, 2.75) is 167 Å². The Kier molecular flexibility index (Phi) is 29.8. The molecule has 0 fully saturated rings. The molecule has 0 saturated carbocycles. The lowest BCUT2D eigenvalue weighted by Gasteiger charge is -2.27. The van der Waals surface area contributed by atoms with E-state index in [9.17, 15) is 14.4 Å². The van der Waals surface area contributed by atoms with Crippen molar-refractivity contribution in [2.24, 2.45) is 0 Å². The van der Waals surface area contributed by atoms with Crippen molar-refractivity contribution in [1.29, 1.82) is 0 Å². The standard InChI is InChI=1S/C59H94N6O9Si3/c1-10-75(9,11-2)45-42-69-36-18-21-39-72-54(66)48-24-30-51(31-25-48)60-57-63-58(61-52-32-26-49(27-33-52)55(67)73-40-22-19-37-70-43-46-76(12-3,13-4)14-5)65-59(64-57)62-53-34-28-50(29-35-53)56(68)74-41-23-20-38-71-44-47-77(15-6,16-7)17-8/h24-35H,10-23,36-47H2,1-9H3,(H3,60,61,62,63,64,65). The van der Waals surface area contributed by atoms with Gasteiger partial charge in [0.15, 0.2) is 0 Å². The van der Waals surface area contributed by atoms with Gasteiger partial charge in [-0.25, -0.2) is 14.4 Å². The van der Waals surface area contributed by atoms with Crippen LogP contribution in [-0.4, -0.2) is 117 Å². The van der Waals surface area contributed by atoms with Crippen LogP contribution < -0.4 is 16.0 Å². The summed E-state index contributed by atoms with van der Waals surface area (Å²) >= 11 is 0. The van der Waals surface area contributed by atoms with Crippen LogP contribution in [0.3, 0.4) is 0 Å². The minimum atomic E-state index is -1.18. The number of carbonyl (C=O) groups excluding carboxylic acids is 3. The highest BCUT2D eigenvalue weighted by Gasteiger charge is 2.27. The number of hydrogen-bond donors (Lipinski definition) is 3. The molecule has 77 heavy (non-hydrogen) atoms. The van der Waals surface area contributed by atoms with E-state index >= 15 is 0 Å². The normalized spacial score (nSPS) is 11.8. The summed E-state index contributed by atoms with van der Waals surface area (Å²) < 4.78 is 34.5. The fourth-order valence-electron chi connectivity index (χ4n) is 9.03. The van der Waals surface area contributed by atoms with Gasteiger partial charge in [-0.05, 0) is 129 Å². The molecule has 0 atom stereocenters. The van der Waals surface area contributed by atoms with E-state index in [4.69, 9.17) is 28.4 Å². The van der Waals surface area contributed by atoms with Crippen LogP contribution in [0.15, 0.2) is 72.8 Å². The van der Waals surface area contributed by atoms with E-state index in [1.165, 1.54) is 66.5 Å². The van der Waals surface area contributed by atoms with Crippen LogP contribution >= 0.6 is 0 Å². The van der Waals surface area contributed by atoms with Crippen molar-refractivity contribution >= 4 is 77.0 Å². The smallest absolute Gasteiger partial charge is 0.338 e. The summed E-state index contributed by atoms with van der Waals surface area (Å²) in [5, 5.41) is 9.68. The summed E-state index contributed by atoms with van der Waals surface area (Å²) in [6.07, 6.45) is 4.69. The average Bonchev–Trinajstić information content (AvgIpc) is 3.45. The molecule has 0 bridgehead atoms. The molecular weight excluding hydrogens is 1020 g/mol. The van der Waals surface area contributed by atoms with Crippen molar-refractivity contribution in [3.05, 3.63) is 89.5 Å². The van der Waals surface area contributed by atoms with Gasteiger partial charge >= 0.3 is 17.9 Å². The minimum Gasteiger partial charge on any atom is -0.462 e. The Labute approximate surface area is 464 Å².